The third-order valence-electron chi connectivity index (χ3n) is 3.74. The van der Waals surface area contributed by atoms with Gasteiger partial charge in [0.2, 0.25) is 0 Å². The van der Waals surface area contributed by atoms with Crippen LogP contribution in [-0.4, -0.2) is 26.1 Å². The highest BCUT2D eigenvalue weighted by atomic mass is 127. The van der Waals surface area contributed by atoms with Crippen LogP contribution in [0.1, 0.15) is 32.3 Å². The zero-order chi connectivity index (χ0) is 14.4. The van der Waals surface area contributed by atoms with E-state index < -0.39 is 0 Å². The molecular weight excluding hydrogens is 373 g/mol. The van der Waals surface area contributed by atoms with Crippen LogP contribution in [0.15, 0.2) is 35.3 Å². The molecule has 2 N–H and O–H groups in total. The van der Waals surface area contributed by atoms with E-state index in [-0.39, 0.29) is 29.4 Å². The first-order valence-corrected chi connectivity index (χ1v) is 7.57. The third kappa shape index (κ3) is 7.16. The summed E-state index contributed by atoms with van der Waals surface area (Å²) in [4.78, 5) is 4.29. The molecule has 0 aromatic heterocycles. The third-order valence-corrected chi connectivity index (χ3v) is 3.74. The maximum Gasteiger partial charge on any atom is 0.191 e. The lowest BCUT2D eigenvalue weighted by atomic mass is 9.86. The second-order valence-corrected chi connectivity index (χ2v) is 6.58. The molecule has 0 saturated heterocycles. The maximum atomic E-state index is 4.29. The van der Waals surface area contributed by atoms with Crippen molar-refractivity contribution in [2.45, 2.75) is 33.1 Å². The Morgan fingerprint density at radius 3 is 2.43 bits per heavy atom. The summed E-state index contributed by atoms with van der Waals surface area (Å²) in [5.74, 6) is 1.80. The molecule has 0 spiro atoms. The molecule has 3 nitrogen and oxygen atoms in total. The van der Waals surface area contributed by atoms with Gasteiger partial charge in [-0.25, -0.2) is 0 Å². The van der Waals surface area contributed by atoms with Crippen LogP contribution in [0.5, 0.6) is 0 Å². The number of nitrogens with zero attached hydrogens (tertiary/aromatic N) is 1. The van der Waals surface area contributed by atoms with Crippen LogP contribution >= 0.6 is 24.0 Å². The number of hydrogen-bond acceptors (Lipinski definition) is 1. The van der Waals surface area contributed by atoms with Gasteiger partial charge in [-0.15, -0.1) is 24.0 Å². The SMILES string of the molecule is CN=C(NCC1CC1)NCC(C)(C)Cc1ccccc1.I. The smallest absolute Gasteiger partial charge is 0.191 e. The Morgan fingerprint density at radius 2 is 1.86 bits per heavy atom. The average Bonchev–Trinajstić information content (AvgIpc) is 3.23. The Morgan fingerprint density at radius 1 is 1.19 bits per heavy atom. The topological polar surface area (TPSA) is 36.4 Å². The molecule has 1 saturated carbocycles. The summed E-state index contributed by atoms with van der Waals surface area (Å²) in [5.41, 5.74) is 1.60. The van der Waals surface area contributed by atoms with E-state index >= 15 is 0 Å². The normalized spacial score (nSPS) is 15.3. The number of rotatable bonds is 6. The minimum atomic E-state index is 0. The van der Waals surface area contributed by atoms with Gasteiger partial charge in [0.25, 0.3) is 0 Å². The summed E-state index contributed by atoms with van der Waals surface area (Å²) >= 11 is 0. The van der Waals surface area contributed by atoms with E-state index in [1.165, 1.54) is 18.4 Å². The van der Waals surface area contributed by atoms with Crippen LogP contribution in [0.25, 0.3) is 0 Å². The number of halogens is 1. The van der Waals surface area contributed by atoms with Gasteiger partial charge in [-0.2, -0.15) is 0 Å². The Balaban J connectivity index is 0.00000220. The first kappa shape index (κ1) is 18.3. The summed E-state index contributed by atoms with van der Waals surface area (Å²) < 4.78 is 0. The second kappa shape index (κ2) is 8.61. The number of aliphatic imine (C=N–C) groups is 1. The number of nitrogens with one attached hydrogen (secondary N) is 2. The molecule has 4 heteroatoms. The average molecular weight is 401 g/mol. The quantitative estimate of drug-likeness (QED) is 0.435. The maximum absolute atomic E-state index is 4.29. The monoisotopic (exact) mass is 401 g/mol. The number of guanidine groups is 1. The minimum absolute atomic E-state index is 0. The van der Waals surface area contributed by atoms with Gasteiger partial charge < -0.3 is 10.6 Å². The predicted molar refractivity (Wildman–Crippen MR) is 101 cm³/mol. The van der Waals surface area contributed by atoms with Gasteiger partial charge in [0, 0.05) is 20.1 Å². The molecule has 2 rings (SSSR count). The summed E-state index contributed by atoms with van der Waals surface area (Å²) in [6.07, 6.45) is 3.80. The van der Waals surface area contributed by atoms with Crippen molar-refractivity contribution >= 4 is 29.9 Å². The summed E-state index contributed by atoms with van der Waals surface area (Å²) in [5, 5.41) is 6.86. The Labute approximate surface area is 146 Å². The summed E-state index contributed by atoms with van der Waals surface area (Å²) in [6.45, 7) is 6.56. The van der Waals surface area contributed by atoms with Crippen LogP contribution < -0.4 is 10.6 Å². The molecule has 0 unspecified atom stereocenters. The molecule has 21 heavy (non-hydrogen) atoms. The van der Waals surface area contributed by atoms with Gasteiger partial charge in [0.1, 0.15) is 0 Å². The lowest BCUT2D eigenvalue weighted by Gasteiger charge is -2.26. The predicted octanol–water partition coefficient (Wildman–Crippen LogP) is 3.45. The van der Waals surface area contributed by atoms with Crippen LogP contribution in [0.2, 0.25) is 0 Å². The molecule has 0 amide bonds. The fraction of sp³-hybridized carbons (Fsp3) is 0.588. The molecule has 1 aliphatic rings. The highest BCUT2D eigenvalue weighted by molar-refractivity contribution is 14.0. The van der Waals surface area contributed by atoms with Crippen molar-refractivity contribution in [3.8, 4) is 0 Å². The Bertz CT molecular complexity index is 439. The zero-order valence-corrected chi connectivity index (χ0v) is 15.7. The van der Waals surface area contributed by atoms with E-state index in [9.17, 15) is 0 Å². The van der Waals surface area contributed by atoms with E-state index in [1.807, 2.05) is 7.05 Å². The van der Waals surface area contributed by atoms with Gasteiger partial charge in [-0.1, -0.05) is 44.2 Å². The molecule has 1 aromatic carbocycles. The van der Waals surface area contributed by atoms with Crippen molar-refractivity contribution in [2.24, 2.45) is 16.3 Å². The van der Waals surface area contributed by atoms with Crippen molar-refractivity contribution in [2.75, 3.05) is 20.1 Å². The van der Waals surface area contributed by atoms with E-state index in [1.54, 1.807) is 0 Å². The molecule has 0 radical (unpaired) electrons. The largest absolute Gasteiger partial charge is 0.356 e. The van der Waals surface area contributed by atoms with Gasteiger partial charge in [-0.3, -0.25) is 4.99 Å². The van der Waals surface area contributed by atoms with Crippen molar-refractivity contribution in [3.05, 3.63) is 35.9 Å². The van der Waals surface area contributed by atoms with Gasteiger partial charge >= 0.3 is 0 Å². The van der Waals surface area contributed by atoms with E-state index in [0.717, 1.165) is 31.4 Å². The lowest BCUT2D eigenvalue weighted by Crippen LogP contribution is -2.43. The molecule has 0 heterocycles. The van der Waals surface area contributed by atoms with Crippen LogP contribution in [0.4, 0.5) is 0 Å². The fourth-order valence-corrected chi connectivity index (χ4v) is 2.32. The molecule has 1 fully saturated rings. The van der Waals surface area contributed by atoms with E-state index in [4.69, 9.17) is 0 Å². The van der Waals surface area contributed by atoms with Crippen molar-refractivity contribution in [1.82, 2.24) is 10.6 Å². The molecule has 0 bridgehead atoms. The van der Waals surface area contributed by atoms with Gasteiger partial charge in [0.05, 0.1) is 0 Å². The molecular formula is C17H28IN3. The molecule has 0 aliphatic heterocycles. The molecule has 118 valence electrons. The van der Waals surface area contributed by atoms with E-state index in [2.05, 4.69) is 59.8 Å². The first-order chi connectivity index (χ1) is 9.59. The summed E-state index contributed by atoms with van der Waals surface area (Å²) in [6, 6.07) is 10.7. The first-order valence-electron chi connectivity index (χ1n) is 7.57. The standard InChI is InChI=1S/C17H27N3.HI/c1-17(2,11-14-7-5-4-6-8-14)13-20-16(18-3)19-12-15-9-10-15;/h4-8,15H,9-13H2,1-3H3,(H2,18,19,20);1H. The Hall–Kier alpha value is -0.780. The second-order valence-electron chi connectivity index (χ2n) is 6.58. The van der Waals surface area contributed by atoms with Crippen LogP contribution in [-0.2, 0) is 6.42 Å². The minimum Gasteiger partial charge on any atom is -0.356 e. The number of benzene rings is 1. The molecule has 1 aromatic rings. The summed E-state index contributed by atoms with van der Waals surface area (Å²) in [7, 11) is 1.84. The fourth-order valence-electron chi connectivity index (χ4n) is 2.32. The van der Waals surface area contributed by atoms with Crippen LogP contribution in [0, 0.1) is 11.3 Å². The molecule has 0 atom stereocenters. The van der Waals surface area contributed by atoms with Crippen molar-refractivity contribution in [3.63, 3.8) is 0 Å². The number of hydrogen-bond donors (Lipinski definition) is 2. The Kier molecular flexibility index (Phi) is 7.49. The molecule has 1 aliphatic carbocycles. The van der Waals surface area contributed by atoms with Crippen LogP contribution in [0.3, 0.4) is 0 Å². The lowest BCUT2D eigenvalue weighted by molar-refractivity contribution is 0.359. The zero-order valence-electron chi connectivity index (χ0n) is 13.4. The van der Waals surface area contributed by atoms with Gasteiger partial charge in [-0.05, 0) is 36.2 Å². The highest BCUT2D eigenvalue weighted by Crippen LogP contribution is 2.27. The van der Waals surface area contributed by atoms with Gasteiger partial charge in [0.15, 0.2) is 5.96 Å². The highest BCUT2D eigenvalue weighted by Gasteiger charge is 2.22. The van der Waals surface area contributed by atoms with Crippen molar-refractivity contribution in [1.29, 1.82) is 0 Å². The van der Waals surface area contributed by atoms with E-state index in [0.29, 0.717) is 0 Å². The van der Waals surface area contributed by atoms with Crippen molar-refractivity contribution < 1.29 is 0 Å².